The monoisotopic (exact) mass is 377 g/mol. The Kier molecular flexibility index (Phi) is 4.73. The molecule has 1 saturated carbocycles. The summed E-state index contributed by atoms with van der Waals surface area (Å²) in [6, 6.07) is 9.76. The van der Waals surface area contributed by atoms with Crippen molar-refractivity contribution in [3.05, 3.63) is 82.0 Å². The normalized spacial score (nSPS) is 14.6. The van der Waals surface area contributed by atoms with Gasteiger partial charge in [0.1, 0.15) is 18.0 Å². The number of hydrogen-bond acceptors (Lipinski definition) is 5. The molecule has 6 nitrogen and oxygen atoms in total. The minimum absolute atomic E-state index is 0.0284. The third kappa shape index (κ3) is 3.31. The fourth-order valence-electron chi connectivity index (χ4n) is 3.46. The minimum atomic E-state index is -0.330. The maximum absolute atomic E-state index is 13.4. The topological polar surface area (TPSA) is 82.6 Å². The van der Waals surface area contributed by atoms with Crippen molar-refractivity contribution in [1.82, 2.24) is 14.7 Å². The first kappa shape index (κ1) is 18.0. The first-order chi connectivity index (χ1) is 13.6. The Balaban J connectivity index is 1.87. The molecule has 0 atom stereocenters. The summed E-state index contributed by atoms with van der Waals surface area (Å²) in [7, 11) is 1.86. The molecular weight excluding hydrogens is 357 g/mol. The Morgan fingerprint density at radius 3 is 2.61 bits per heavy atom. The van der Waals surface area contributed by atoms with Crippen LogP contribution in [0.5, 0.6) is 0 Å². The molecule has 0 unspecified atom stereocenters. The molecule has 1 aliphatic rings. The highest BCUT2D eigenvalue weighted by Gasteiger charge is 2.30. The van der Waals surface area contributed by atoms with Crippen LogP contribution in [0.15, 0.2) is 59.7 Å². The number of rotatable bonds is 7. The third-order valence-electron chi connectivity index (χ3n) is 5.00. The third-order valence-corrected chi connectivity index (χ3v) is 5.00. The van der Waals surface area contributed by atoms with Gasteiger partial charge in [0.25, 0.3) is 0 Å². The molecule has 3 aromatic rings. The average Bonchev–Trinajstić information content (AvgIpc) is 3.47. The van der Waals surface area contributed by atoms with Crippen molar-refractivity contribution in [3.63, 3.8) is 0 Å². The van der Waals surface area contributed by atoms with Gasteiger partial charge in [0.05, 0.1) is 17.6 Å². The van der Waals surface area contributed by atoms with E-state index in [0.29, 0.717) is 28.5 Å². The number of allylic oxidation sites excluding steroid dienone is 2. The van der Waals surface area contributed by atoms with Crippen LogP contribution in [0.2, 0.25) is 0 Å². The Bertz CT molecular complexity index is 1080. The van der Waals surface area contributed by atoms with Crippen LogP contribution in [-0.2, 0) is 6.54 Å². The SMILES string of the molecule is CN/C(=C(\C(=N)c1ccc(F)cc1)c1ccc2ncc(CN=O)n2c1)C1CC1. The molecule has 1 fully saturated rings. The summed E-state index contributed by atoms with van der Waals surface area (Å²) in [5, 5.41) is 15.1. The Labute approximate surface area is 161 Å². The van der Waals surface area contributed by atoms with Crippen molar-refractivity contribution in [2.75, 3.05) is 7.05 Å². The summed E-state index contributed by atoms with van der Waals surface area (Å²) in [6.07, 6.45) is 5.67. The lowest BCUT2D eigenvalue weighted by Gasteiger charge is -2.17. The van der Waals surface area contributed by atoms with E-state index in [4.69, 9.17) is 5.41 Å². The molecule has 4 rings (SSSR count). The number of nitroso groups, excluding NO2 is 1. The van der Waals surface area contributed by atoms with E-state index in [1.165, 1.54) is 12.1 Å². The maximum atomic E-state index is 13.4. The van der Waals surface area contributed by atoms with E-state index in [1.54, 1.807) is 18.3 Å². The van der Waals surface area contributed by atoms with Crippen molar-refractivity contribution in [1.29, 1.82) is 5.41 Å². The van der Waals surface area contributed by atoms with Gasteiger partial charge in [0.2, 0.25) is 0 Å². The Morgan fingerprint density at radius 2 is 1.96 bits per heavy atom. The lowest BCUT2D eigenvalue weighted by Crippen LogP contribution is -2.16. The van der Waals surface area contributed by atoms with Gasteiger partial charge in [-0.25, -0.2) is 9.37 Å². The fourth-order valence-corrected chi connectivity index (χ4v) is 3.46. The molecule has 7 heteroatoms. The smallest absolute Gasteiger partial charge is 0.136 e. The van der Waals surface area contributed by atoms with Crippen molar-refractivity contribution in [2.24, 2.45) is 11.1 Å². The van der Waals surface area contributed by atoms with Crippen LogP contribution >= 0.6 is 0 Å². The second-order valence-electron chi connectivity index (χ2n) is 6.88. The summed E-state index contributed by atoms with van der Waals surface area (Å²) in [6.45, 7) is 0.0284. The molecule has 2 N–H and O–H groups in total. The van der Waals surface area contributed by atoms with E-state index < -0.39 is 0 Å². The van der Waals surface area contributed by atoms with Gasteiger partial charge in [-0.05, 0) is 55.2 Å². The number of imidazole rings is 1. The van der Waals surface area contributed by atoms with Gasteiger partial charge in [-0.15, -0.1) is 0 Å². The number of pyridine rings is 1. The highest BCUT2D eigenvalue weighted by Crippen LogP contribution is 2.39. The number of nitrogens with one attached hydrogen (secondary N) is 2. The zero-order valence-corrected chi connectivity index (χ0v) is 15.4. The molecule has 2 aromatic heterocycles. The number of aromatic nitrogens is 2. The van der Waals surface area contributed by atoms with Gasteiger partial charge in [-0.1, -0.05) is 5.18 Å². The number of halogens is 1. The second kappa shape index (κ2) is 7.34. The molecular formula is C21H20FN5O. The first-order valence-corrected chi connectivity index (χ1v) is 9.14. The Morgan fingerprint density at radius 1 is 1.25 bits per heavy atom. The van der Waals surface area contributed by atoms with Crippen molar-refractivity contribution in [2.45, 2.75) is 19.4 Å². The van der Waals surface area contributed by atoms with E-state index in [9.17, 15) is 9.30 Å². The molecule has 1 aromatic carbocycles. The van der Waals surface area contributed by atoms with Crippen LogP contribution in [-0.4, -0.2) is 22.1 Å². The van der Waals surface area contributed by atoms with Crippen LogP contribution in [0, 0.1) is 22.1 Å². The van der Waals surface area contributed by atoms with E-state index in [1.807, 2.05) is 29.8 Å². The van der Waals surface area contributed by atoms with E-state index >= 15 is 0 Å². The zero-order valence-electron chi connectivity index (χ0n) is 15.4. The summed E-state index contributed by atoms with van der Waals surface area (Å²) in [5.41, 5.74) is 4.99. The molecule has 0 bridgehead atoms. The predicted octanol–water partition coefficient (Wildman–Crippen LogP) is 4.15. The number of benzene rings is 1. The molecule has 0 spiro atoms. The van der Waals surface area contributed by atoms with E-state index in [0.717, 1.165) is 29.7 Å². The van der Waals surface area contributed by atoms with Crippen LogP contribution in [0.1, 0.15) is 29.7 Å². The van der Waals surface area contributed by atoms with Crippen molar-refractivity contribution >= 4 is 16.9 Å². The van der Waals surface area contributed by atoms with Gasteiger partial charge >= 0.3 is 0 Å². The van der Waals surface area contributed by atoms with Crippen molar-refractivity contribution < 1.29 is 4.39 Å². The largest absolute Gasteiger partial charge is 0.391 e. The molecule has 0 radical (unpaired) electrons. The van der Waals surface area contributed by atoms with Gasteiger partial charge in [-0.3, -0.25) is 5.41 Å². The quantitative estimate of drug-likeness (QED) is 0.479. The van der Waals surface area contributed by atoms with Crippen LogP contribution in [0.3, 0.4) is 0 Å². The van der Waals surface area contributed by atoms with E-state index in [-0.39, 0.29) is 12.4 Å². The molecule has 0 aliphatic heterocycles. The summed E-state index contributed by atoms with van der Waals surface area (Å²) in [5.74, 6) is 0.0550. The summed E-state index contributed by atoms with van der Waals surface area (Å²) in [4.78, 5) is 15.0. The van der Waals surface area contributed by atoms with E-state index in [2.05, 4.69) is 15.5 Å². The summed E-state index contributed by atoms with van der Waals surface area (Å²) >= 11 is 0. The molecule has 1 aliphatic carbocycles. The average molecular weight is 377 g/mol. The second-order valence-corrected chi connectivity index (χ2v) is 6.88. The Hall–Kier alpha value is -3.35. The predicted molar refractivity (Wildman–Crippen MR) is 107 cm³/mol. The number of hydrogen-bond donors (Lipinski definition) is 2. The first-order valence-electron chi connectivity index (χ1n) is 9.14. The molecule has 28 heavy (non-hydrogen) atoms. The van der Waals surface area contributed by atoms with Crippen LogP contribution in [0.25, 0.3) is 11.2 Å². The molecule has 142 valence electrons. The van der Waals surface area contributed by atoms with Crippen molar-refractivity contribution in [3.8, 4) is 0 Å². The maximum Gasteiger partial charge on any atom is 0.136 e. The molecule has 2 heterocycles. The van der Waals surface area contributed by atoms with Gasteiger partial charge in [0, 0.05) is 35.6 Å². The summed E-state index contributed by atoms with van der Waals surface area (Å²) < 4.78 is 15.2. The highest BCUT2D eigenvalue weighted by molar-refractivity contribution is 6.31. The van der Waals surface area contributed by atoms with Gasteiger partial charge in [-0.2, -0.15) is 4.91 Å². The van der Waals surface area contributed by atoms with Crippen LogP contribution in [0.4, 0.5) is 4.39 Å². The minimum Gasteiger partial charge on any atom is -0.391 e. The zero-order chi connectivity index (χ0) is 19.7. The standard InChI is InChI=1S/C21H20FN5O/c1-24-21(14-2-3-14)19(20(23)13-4-7-16(22)8-5-13)15-6-9-18-25-10-17(11-26-28)27(18)12-15/h4-10,12,14,23-24H,2-3,11H2,1H3/b21-19-,23-20?. The number of fused-ring (bicyclic) bond motifs is 1. The molecule has 0 saturated heterocycles. The lowest BCUT2D eigenvalue weighted by atomic mass is 9.93. The van der Waals surface area contributed by atoms with Gasteiger partial charge < -0.3 is 9.72 Å². The van der Waals surface area contributed by atoms with Gasteiger partial charge in [0.15, 0.2) is 0 Å². The molecule has 0 amide bonds. The highest BCUT2D eigenvalue weighted by atomic mass is 19.1. The lowest BCUT2D eigenvalue weighted by molar-refractivity contribution is 0.628. The number of nitrogens with zero attached hydrogens (tertiary/aromatic N) is 3. The van der Waals surface area contributed by atoms with Crippen LogP contribution < -0.4 is 5.32 Å². The fraction of sp³-hybridized carbons (Fsp3) is 0.238.